The monoisotopic (exact) mass is 154 g/mol. The largest absolute Gasteiger partial charge is 0.311 e. The summed E-state index contributed by atoms with van der Waals surface area (Å²) in [6, 6.07) is 2.51. The Kier molecular flexibility index (Phi) is 1.90. The first-order valence-electron chi connectivity index (χ1n) is 4.68. The number of nitrogens with zero attached hydrogens (tertiary/aromatic N) is 1. The highest BCUT2D eigenvalue weighted by Crippen LogP contribution is 2.28. The van der Waals surface area contributed by atoms with Gasteiger partial charge in [0.1, 0.15) is 0 Å². The molecule has 2 saturated heterocycles. The molecule has 0 saturated carbocycles. The molecule has 64 valence electrons. The average molecular weight is 154 g/mol. The van der Waals surface area contributed by atoms with E-state index in [-0.39, 0.29) is 0 Å². The van der Waals surface area contributed by atoms with Gasteiger partial charge in [-0.1, -0.05) is 0 Å². The first-order chi connectivity index (χ1) is 5.25. The minimum absolute atomic E-state index is 0.834. The normalized spacial score (nSPS) is 43.4. The summed E-state index contributed by atoms with van der Waals surface area (Å²) in [6.07, 6.45) is 5.55. The summed E-state index contributed by atoms with van der Waals surface area (Å²) >= 11 is 0. The zero-order valence-corrected chi connectivity index (χ0v) is 7.51. The molecule has 0 aromatic carbocycles. The Morgan fingerprint density at radius 2 is 1.64 bits per heavy atom. The second-order valence-electron chi connectivity index (χ2n) is 4.23. The van der Waals surface area contributed by atoms with E-state index < -0.39 is 0 Å². The molecule has 1 N–H and O–H groups in total. The van der Waals surface area contributed by atoms with Gasteiger partial charge in [0.25, 0.3) is 0 Å². The molecule has 0 amide bonds. The number of nitrogens with one attached hydrogen (secondary N) is 1. The van der Waals surface area contributed by atoms with Crippen molar-refractivity contribution < 1.29 is 0 Å². The lowest BCUT2D eigenvalue weighted by atomic mass is 9.99. The van der Waals surface area contributed by atoms with Gasteiger partial charge in [-0.15, -0.1) is 0 Å². The maximum Gasteiger partial charge on any atom is 0.0119 e. The molecular formula is C9H18N2. The predicted molar refractivity (Wildman–Crippen MR) is 46.7 cm³/mol. The molecule has 0 spiro atoms. The SMILES string of the molecule is CN(C)C1CC2CCC(C1)N2. The van der Waals surface area contributed by atoms with Crippen molar-refractivity contribution in [1.29, 1.82) is 0 Å². The zero-order valence-electron chi connectivity index (χ0n) is 7.51. The molecule has 2 aliphatic rings. The van der Waals surface area contributed by atoms with E-state index in [9.17, 15) is 0 Å². The summed E-state index contributed by atoms with van der Waals surface area (Å²) in [5, 5.41) is 3.65. The fourth-order valence-electron chi connectivity index (χ4n) is 2.45. The topological polar surface area (TPSA) is 15.3 Å². The third-order valence-corrected chi connectivity index (χ3v) is 3.18. The van der Waals surface area contributed by atoms with Crippen molar-refractivity contribution in [3.05, 3.63) is 0 Å². The summed E-state index contributed by atoms with van der Waals surface area (Å²) in [5.41, 5.74) is 0. The molecule has 2 bridgehead atoms. The molecule has 2 atom stereocenters. The number of piperidine rings is 1. The Morgan fingerprint density at radius 3 is 2.09 bits per heavy atom. The van der Waals surface area contributed by atoms with Crippen LogP contribution in [-0.2, 0) is 0 Å². The van der Waals surface area contributed by atoms with Crippen LogP contribution in [0.15, 0.2) is 0 Å². The highest BCUT2D eigenvalue weighted by Gasteiger charge is 2.33. The molecule has 2 nitrogen and oxygen atoms in total. The maximum absolute atomic E-state index is 3.65. The van der Waals surface area contributed by atoms with Gasteiger partial charge < -0.3 is 10.2 Å². The molecule has 0 aromatic rings. The van der Waals surface area contributed by atoms with Crippen LogP contribution in [-0.4, -0.2) is 37.1 Å². The third kappa shape index (κ3) is 1.42. The Morgan fingerprint density at radius 1 is 1.09 bits per heavy atom. The lowest BCUT2D eigenvalue weighted by molar-refractivity contribution is 0.203. The standard InChI is InChI=1S/C9H18N2/c1-11(2)9-5-7-3-4-8(6-9)10-7/h7-10H,3-6H2,1-2H3. The van der Waals surface area contributed by atoms with Crippen LogP contribution in [0.2, 0.25) is 0 Å². The number of hydrogen-bond donors (Lipinski definition) is 1. The smallest absolute Gasteiger partial charge is 0.0119 e. The molecule has 0 radical (unpaired) electrons. The van der Waals surface area contributed by atoms with Crippen molar-refractivity contribution in [2.75, 3.05) is 14.1 Å². The van der Waals surface area contributed by atoms with Crippen molar-refractivity contribution in [3.63, 3.8) is 0 Å². The molecule has 2 heterocycles. The van der Waals surface area contributed by atoms with Gasteiger partial charge in [0, 0.05) is 18.1 Å². The summed E-state index contributed by atoms with van der Waals surface area (Å²) in [4.78, 5) is 2.38. The quantitative estimate of drug-likeness (QED) is 0.602. The van der Waals surface area contributed by atoms with Crippen molar-refractivity contribution in [2.24, 2.45) is 0 Å². The van der Waals surface area contributed by atoms with Crippen molar-refractivity contribution in [1.82, 2.24) is 10.2 Å². The molecule has 2 heteroatoms. The van der Waals surface area contributed by atoms with Gasteiger partial charge in [0.15, 0.2) is 0 Å². The third-order valence-electron chi connectivity index (χ3n) is 3.18. The van der Waals surface area contributed by atoms with Gasteiger partial charge in [0.2, 0.25) is 0 Å². The van der Waals surface area contributed by atoms with E-state index in [0.717, 1.165) is 18.1 Å². The maximum atomic E-state index is 3.65. The number of hydrogen-bond acceptors (Lipinski definition) is 2. The van der Waals surface area contributed by atoms with Crippen molar-refractivity contribution >= 4 is 0 Å². The molecule has 11 heavy (non-hydrogen) atoms. The van der Waals surface area contributed by atoms with E-state index in [1.165, 1.54) is 25.7 Å². The van der Waals surface area contributed by atoms with Gasteiger partial charge in [-0.2, -0.15) is 0 Å². The first-order valence-corrected chi connectivity index (χ1v) is 4.68. The van der Waals surface area contributed by atoms with Crippen LogP contribution in [0.3, 0.4) is 0 Å². The van der Waals surface area contributed by atoms with E-state index in [2.05, 4.69) is 24.3 Å². The number of fused-ring (bicyclic) bond motifs is 2. The zero-order chi connectivity index (χ0) is 7.84. The minimum atomic E-state index is 0.834. The van der Waals surface area contributed by atoms with Gasteiger partial charge >= 0.3 is 0 Å². The summed E-state index contributed by atoms with van der Waals surface area (Å²) in [5.74, 6) is 0. The highest BCUT2D eigenvalue weighted by molar-refractivity contribution is 4.94. The van der Waals surface area contributed by atoms with Crippen LogP contribution < -0.4 is 5.32 Å². The van der Waals surface area contributed by atoms with Crippen LogP contribution >= 0.6 is 0 Å². The van der Waals surface area contributed by atoms with Crippen LogP contribution in [0.25, 0.3) is 0 Å². The highest BCUT2D eigenvalue weighted by atomic mass is 15.1. The molecular weight excluding hydrogens is 136 g/mol. The Bertz CT molecular complexity index is 132. The fourth-order valence-corrected chi connectivity index (χ4v) is 2.45. The molecule has 2 rings (SSSR count). The molecule has 0 aromatic heterocycles. The summed E-state index contributed by atoms with van der Waals surface area (Å²) in [6.45, 7) is 0. The van der Waals surface area contributed by atoms with E-state index in [1.807, 2.05) is 0 Å². The van der Waals surface area contributed by atoms with Gasteiger partial charge in [0.05, 0.1) is 0 Å². The predicted octanol–water partition coefficient (Wildman–Crippen LogP) is 0.831. The van der Waals surface area contributed by atoms with Crippen molar-refractivity contribution in [3.8, 4) is 0 Å². The molecule has 0 aliphatic carbocycles. The summed E-state index contributed by atoms with van der Waals surface area (Å²) in [7, 11) is 4.41. The second kappa shape index (κ2) is 2.76. The Labute approximate surface area is 69.0 Å². The van der Waals surface area contributed by atoms with Crippen LogP contribution in [0, 0.1) is 0 Å². The van der Waals surface area contributed by atoms with Crippen LogP contribution in [0.5, 0.6) is 0 Å². The van der Waals surface area contributed by atoms with Gasteiger partial charge in [-0.25, -0.2) is 0 Å². The van der Waals surface area contributed by atoms with E-state index >= 15 is 0 Å². The summed E-state index contributed by atoms with van der Waals surface area (Å²) < 4.78 is 0. The molecule has 2 fully saturated rings. The van der Waals surface area contributed by atoms with Crippen LogP contribution in [0.4, 0.5) is 0 Å². The first kappa shape index (κ1) is 7.56. The molecule has 2 unspecified atom stereocenters. The number of rotatable bonds is 1. The molecule has 2 aliphatic heterocycles. The van der Waals surface area contributed by atoms with Crippen LogP contribution in [0.1, 0.15) is 25.7 Å². The van der Waals surface area contributed by atoms with E-state index in [0.29, 0.717) is 0 Å². The fraction of sp³-hybridized carbons (Fsp3) is 1.00. The van der Waals surface area contributed by atoms with Crippen molar-refractivity contribution in [2.45, 2.75) is 43.8 Å². The van der Waals surface area contributed by atoms with E-state index in [1.54, 1.807) is 0 Å². The Balaban J connectivity index is 1.97. The van der Waals surface area contributed by atoms with Gasteiger partial charge in [-0.3, -0.25) is 0 Å². The Hall–Kier alpha value is -0.0800. The van der Waals surface area contributed by atoms with Gasteiger partial charge in [-0.05, 0) is 39.8 Å². The lowest BCUT2D eigenvalue weighted by Gasteiger charge is -2.33. The second-order valence-corrected chi connectivity index (χ2v) is 4.23. The minimum Gasteiger partial charge on any atom is -0.311 e. The lowest BCUT2D eigenvalue weighted by Crippen LogP contribution is -2.45. The van der Waals surface area contributed by atoms with E-state index in [4.69, 9.17) is 0 Å². The average Bonchev–Trinajstić information content (AvgIpc) is 2.30.